The van der Waals surface area contributed by atoms with Crippen molar-refractivity contribution in [2.24, 2.45) is 0 Å². The fraction of sp³-hybridized carbons (Fsp3) is 0.391. The molecule has 1 aromatic carbocycles. The summed E-state index contributed by atoms with van der Waals surface area (Å²) < 4.78 is 12.2. The number of hydrogen-bond donors (Lipinski definition) is 0. The van der Waals surface area contributed by atoms with Crippen LogP contribution in [0.25, 0.3) is 6.08 Å². The van der Waals surface area contributed by atoms with Crippen LogP contribution in [0.2, 0.25) is 0 Å². The van der Waals surface area contributed by atoms with Gasteiger partial charge in [0.25, 0.3) is 5.91 Å². The second kappa shape index (κ2) is 10.2. The lowest BCUT2D eigenvalue weighted by molar-refractivity contribution is 0.0649. The minimum absolute atomic E-state index is 0.0308. The number of pyridine rings is 1. The third-order valence-corrected chi connectivity index (χ3v) is 5.89. The van der Waals surface area contributed by atoms with E-state index in [-0.39, 0.29) is 12.0 Å². The summed E-state index contributed by atoms with van der Waals surface area (Å²) in [4.78, 5) is 21.3. The lowest BCUT2D eigenvalue weighted by Gasteiger charge is -2.34. The molecule has 2 aromatic rings. The largest absolute Gasteiger partial charge is 0.472 e. The fourth-order valence-corrected chi connectivity index (χ4v) is 3.85. The molecule has 4 rings (SSSR count). The first-order valence-electron chi connectivity index (χ1n) is 10.3. The Labute approximate surface area is 185 Å². The summed E-state index contributed by atoms with van der Waals surface area (Å²) in [5.74, 6) is 0.577. The number of piperazine rings is 1. The molecule has 30 heavy (non-hydrogen) atoms. The second-order valence-electron chi connectivity index (χ2n) is 7.54. The molecule has 1 aromatic heterocycles. The Hall–Kier alpha value is -2.22. The Morgan fingerprint density at radius 2 is 1.97 bits per heavy atom. The number of benzene rings is 1. The highest BCUT2D eigenvalue weighted by Crippen LogP contribution is 2.16. The monoisotopic (exact) mass is 471 g/mol. The van der Waals surface area contributed by atoms with Crippen LogP contribution in [0.5, 0.6) is 5.88 Å². The highest BCUT2D eigenvalue weighted by Gasteiger charge is 2.22. The normalized spacial score (nSPS) is 20.0. The summed E-state index contributed by atoms with van der Waals surface area (Å²) in [5, 5.41) is 0. The van der Waals surface area contributed by atoms with E-state index in [1.54, 1.807) is 18.3 Å². The molecule has 0 radical (unpaired) electrons. The summed E-state index contributed by atoms with van der Waals surface area (Å²) in [6.07, 6.45) is 6.87. The number of carbonyl (C=O) groups is 1. The molecular weight excluding hydrogens is 446 g/mol. The van der Waals surface area contributed by atoms with Gasteiger partial charge in [-0.15, -0.1) is 0 Å². The third-order valence-electron chi connectivity index (χ3n) is 5.36. The molecule has 2 aliphatic heterocycles. The first-order valence-corrected chi connectivity index (χ1v) is 11.1. The zero-order valence-corrected chi connectivity index (χ0v) is 18.5. The van der Waals surface area contributed by atoms with Crippen molar-refractivity contribution in [1.82, 2.24) is 14.8 Å². The van der Waals surface area contributed by atoms with Crippen molar-refractivity contribution in [2.45, 2.75) is 12.5 Å². The van der Waals surface area contributed by atoms with Crippen molar-refractivity contribution in [3.63, 3.8) is 0 Å². The lowest BCUT2D eigenvalue weighted by Crippen LogP contribution is -2.48. The lowest BCUT2D eigenvalue weighted by atomic mass is 10.2. The molecule has 2 fully saturated rings. The van der Waals surface area contributed by atoms with E-state index in [4.69, 9.17) is 9.47 Å². The van der Waals surface area contributed by atoms with Gasteiger partial charge in [0.1, 0.15) is 6.10 Å². The maximum absolute atomic E-state index is 12.8. The van der Waals surface area contributed by atoms with E-state index >= 15 is 0 Å². The van der Waals surface area contributed by atoms with Crippen molar-refractivity contribution >= 4 is 27.9 Å². The summed E-state index contributed by atoms with van der Waals surface area (Å²) in [7, 11) is 0. The molecule has 1 amide bonds. The van der Waals surface area contributed by atoms with Gasteiger partial charge in [-0.1, -0.05) is 40.2 Å². The average molecular weight is 472 g/mol. The number of hydrogen-bond acceptors (Lipinski definition) is 5. The SMILES string of the molecule is O=C(c1ccc(OC2CCOC2)nc1)N1CCN(C/C=C/c2ccc(Br)cc2)CC1. The summed E-state index contributed by atoms with van der Waals surface area (Å²) >= 11 is 3.45. The van der Waals surface area contributed by atoms with Gasteiger partial charge in [-0.05, 0) is 23.8 Å². The Morgan fingerprint density at radius 3 is 2.63 bits per heavy atom. The number of amides is 1. The molecule has 2 aliphatic rings. The predicted molar refractivity (Wildman–Crippen MR) is 120 cm³/mol. The zero-order chi connectivity index (χ0) is 20.8. The molecule has 7 heteroatoms. The van der Waals surface area contributed by atoms with Gasteiger partial charge in [0.15, 0.2) is 0 Å². The first kappa shape index (κ1) is 21.0. The van der Waals surface area contributed by atoms with Crippen LogP contribution in [0.4, 0.5) is 0 Å². The minimum atomic E-state index is 0.0308. The van der Waals surface area contributed by atoms with Crippen LogP contribution in [-0.2, 0) is 4.74 Å². The molecule has 0 bridgehead atoms. The zero-order valence-electron chi connectivity index (χ0n) is 16.9. The maximum atomic E-state index is 12.8. The Kier molecular flexibility index (Phi) is 7.15. The number of aromatic nitrogens is 1. The number of rotatable bonds is 6. The third kappa shape index (κ3) is 5.68. The summed E-state index contributed by atoms with van der Waals surface area (Å²) in [6.45, 7) is 5.40. The van der Waals surface area contributed by atoms with Gasteiger partial charge in [-0.3, -0.25) is 9.69 Å². The highest BCUT2D eigenvalue weighted by molar-refractivity contribution is 9.10. The van der Waals surface area contributed by atoms with E-state index in [9.17, 15) is 4.79 Å². The van der Waals surface area contributed by atoms with Crippen molar-refractivity contribution in [2.75, 3.05) is 45.9 Å². The van der Waals surface area contributed by atoms with Crippen LogP contribution < -0.4 is 4.74 Å². The highest BCUT2D eigenvalue weighted by atomic mass is 79.9. The van der Waals surface area contributed by atoms with Crippen LogP contribution in [0.15, 0.2) is 53.1 Å². The van der Waals surface area contributed by atoms with E-state index in [2.05, 4.69) is 50.1 Å². The van der Waals surface area contributed by atoms with Gasteiger partial charge >= 0.3 is 0 Å². The van der Waals surface area contributed by atoms with Crippen LogP contribution in [-0.4, -0.2) is 72.7 Å². The summed E-state index contributed by atoms with van der Waals surface area (Å²) in [5.41, 5.74) is 1.79. The predicted octanol–water partition coefficient (Wildman–Crippen LogP) is 3.48. The van der Waals surface area contributed by atoms with Gasteiger partial charge in [-0.25, -0.2) is 4.98 Å². The number of carbonyl (C=O) groups excluding carboxylic acids is 1. The van der Waals surface area contributed by atoms with E-state index < -0.39 is 0 Å². The van der Waals surface area contributed by atoms with Crippen LogP contribution in [0, 0.1) is 0 Å². The van der Waals surface area contributed by atoms with Gasteiger partial charge in [0.05, 0.1) is 18.8 Å². The molecule has 0 N–H and O–H groups in total. The molecule has 158 valence electrons. The van der Waals surface area contributed by atoms with E-state index in [0.717, 1.165) is 50.2 Å². The molecule has 0 spiro atoms. The average Bonchev–Trinajstić information content (AvgIpc) is 3.29. The van der Waals surface area contributed by atoms with Crippen LogP contribution in [0.1, 0.15) is 22.3 Å². The fourth-order valence-electron chi connectivity index (χ4n) is 3.58. The molecule has 3 heterocycles. The number of nitrogens with zero attached hydrogens (tertiary/aromatic N) is 3. The first-order chi connectivity index (χ1) is 14.7. The molecule has 0 saturated carbocycles. The molecule has 0 aliphatic carbocycles. The Bertz CT molecular complexity index is 856. The van der Waals surface area contributed by atoms with Gasteiger partial charge in [0, 0.05) is 55.9 Å². The van der Waals surface area contributed by atoms with Crippen molar-refractivity contribution in [3.05, 3.63) is 64.3 Å². The topological polar surface area (TPSA) is 54.9 Å². The molecule has 1 unspecified atom stereocenters. The smallest absolute Gasteiger partial charge is 0.255 e. The van der Waals surface area contributed by atoms with Crippen molar-refractivity contribution < 1.29 is 14.3 Å². The van der Waals surface area contributed by atoms with Crippen LogP contribution >= 0.6 is 15.9 Å². The molecule has 6 nitrogen and oxygen atoms in total. The number of ether oxygens (including phenoxy) is 2. The molecule has 2 saturated heterocycles. The standard InChI is InChI=1S/C23H26BrN3O3/c24-20-6-3-18(4-7-20)2-1-10-26-11-13-27(14-12-26)23(28)19-5-8-22(25-16-19)30-21-9-15-29-17-21/h1-8,16,21H,9-15,17H2/b2-1+. The quantitative estimate of drug-likeness (QED) is 0.645. The minimum Gasteiger partial charge on any atom is -0.472 e. The molecule has 1 atom stereocenters. The number of halogens is 1. The van der Waals surface area contributed by atoms with E-state index in [1.807, 2.05) is 17.0 Å². The molecular formula is C23H26BrN3O3. The second-order valence-corrected chi connectivity index (χ2v) is 8.45. The Morgan fingerprint density at radius 1 is 1.17 bits per heavy atom. The van der Waals surface area contributed by atoms with Gasteiger partial charge < -0.3 is 14.4 Å². The Balaban J connectivity index is 1.23. The summed E-state index contributed by atoms with van der Waals surface area (Å²) in [6, 6.07) is 11.8. The maximum Gasteiger partial charge on any atom is 0.255 e. The van der Waals surface area contributed by atoms with Gasteiger partial charge in [-0.2, -0.15) is 0 Å². The van der Waals surface area contributed by atoms with E-state index in [0.29, 0.717) is 18.1 Å². The van der Waals surface area contributed by atoms with Crippen LogP contribution in [0.3, 0.4) is 0 Å². The van der Waals surface area contributed by atoms with Gasteiger partial charge in [0.2, 0.25) is 5.88 Å². The van der Waals surface area contributed by atoms with Crippen molar-refractivity contribution in [3.8, 4) is 5.88 Å². The van der Waals surface area contributed by atoms with E-state index in [1.165, 1.54) is 5.56 Å². The van der Waals surface area contributed by atoms with Crippen molar-refractivity contribution in [1.29, 1.82) is 0 Å².